The Hall–Kier alpha value is -3.29. The van der Waals surface area contributed by atoms with Crippen LogP contribution in [0.15, 0.2) is 66.7 Å². The number of benzene rings is 3. The molecule has 0 radical (unpaired) electrons. The SMILES string of the molecule is FC(F)Oc1ccc(C2CCc3c(cccc3-c3cccc(OC(F)(F)F)c3)N2)cc1. The summed E-state index contributed by atoms with van der Waals surface area (Å²) >= 11 is 0. The van der Waals surface area contributed by atoms with E-state index >= 15 is 0 Å². The maximum Gasteiger partial charge on any atom is 0.573 e. The summed E-state index contributed by atoms with van der Waals surface area (Å²) in [5.74, 6) is -0.173. The van der Waals surface area contributed by atoms with Gasteiger partial charge in [0.25, 0.3) is 0 Å². The molecule has 0 saturated carbocycles. The van der Waals surface area contributed by atoms with Crippen LogP contribution in [0.5, 0.6) is 11.5 Å². The zero-order valence-electron chi connectivity index (χ0n) is 16.1. The average Bonchev–Trinajstić information content (AvgIpc) is 2.72. The highest BCUT2D eigenvalue weighted by atomic mass is 19.4. The molecule has 3 aromatic carbocycles. The van der Waals surface area contributed by atoms with E-state index in [1.165, 1.54) is 30.3 Å². The summed E-state index contributed by atoms with van der Waals surface area (Å²) in [7, 11) is 0. The van der Waals surface area contributed by atoms with Crippen molar-refractivity contribution in [1.29, 1.82) is 0 Å². The van der Waals surface area contributed by atoms with Crippen molar-refractivity contribution in [3.05, 3.63) is 77.9 Å². The van der Waals surface area contributed by atoms with Gasteiger partial charge >= 0.3 is 13.0 Å². The van der Waals surface area contributed by atoms with E-state index in [9.17, 15) is 22.0 Å². The van der Waals surface area contributed by atoms with Crippen molar-refractivity contribution in [3.63, 3.8) is 0 Å². The second-order valence-corrected chi connectivity index (χ2v) is 7.09. The Kier molecular flexibility index (Phi) is 5.71. The first kappa shape index (κ1) is 21.0. The van der Waals surface area contributed by atoms with Crippen LogP contribution in [-0.2, 0) is 6.42 Å². The van der Waals surface area contributed by atoms with E-state index in [1.54, 1.807) is 18.2 Å². The quantitative estimate of drug-likeness (QED) is 0.440. The van der Waals surface area contributed by atoms with Gasteiger partial charge < -0.3 is 14.8 Å². The molecule has 0 spiro atoms. The second-order valence-electron chi connectivity index (χ2n) is 7.09. The van der Waals surface area contributed by atoms with Gasteiger partial charge in [0.1, 0.15) is 11.5 Å². The van der Waals surface area contributed by atoms with Crippen LogP contribution in [0.25, 0.3) is 11.1 Å². The molecule has 1 unspecified atom stereocenters. The molecule has 0 fully saturated rings. The Balaban J connectivity index is 1.56. The third-order valence-electron chi connectivity index (χ3n) is 5.08. The van der Waals surface area contributed by atoms with Gasteiger partial charge in [0.05, 0.1) is 6.04 Å². The molecule has 3 aromatic rings. The number of anilines is 1. The smallest absolute Gasteiger partial charge is 0.435 e. The van der Waals surface area contributed by atoms with Crippen LogP contribution in [0.2, 0.25) is 0 Å². The van der Waals surface area contributed by atoms with Crippen molar-refractivity contribution in [3.8, 4) is 22.6 Å². The van der Waals surface area contributed by atoms with E-state index in [0.29, 0.717) is 12.0 Å². The molecule has 1 heterocycles. The summed E-state index contributed by atoms with van der Waals surface area (Å²) in [5.41, 5.74) is 4.27. The molecule has 1 N–H and O–H groups in total. The van der Waals surface area contributed by atoms with E-state index in [1.807, 2.05) is 18.2 Å². The van der Waals surface area contributed by atoms with E-state index in [-0.39, 0.29) is 17.5 Å². The first-order valence-corrected chi connectivity index (χ1v) is 9.58. The van der Waals surface area contributed by atoms with Gasteiger partial charge in [-0.3, -0.25) is 0 Å². The summed E-state index contributed by atoms with van der Waals surface area (Å²) < 4.78 is 70.8. The van der Waals surface area contributed by atoms with Gasteiger partial charge in [0, 0.05) is 5.69 Å². The molecule has 0 aliphatic carbocycles. The highest BCUT2D eigenvalue weighted by molar-refractivity contribution is 5.76. The minimum atomic E-state index is -4.75. The van der Waals surface area contributed by atoms with E-state index < -0.39 is 13.0 Å². The predicted octanol–water partition coefficient (Wildman–Crippen LogP) is 6.95. The predicted molar refractivity (Wildman–Crippen MR) is 106 cm³/mol. The fourth-order valence-corrected chi connectivity index (χ4v) is 3.80. The second kappa shape index (κ2) is 8.45. The summed E-state index contributed by atoms with van der Waals surface area (Å²) in [6.45, 7) is -2.87. The lowest BCUT2D eigenvalue weighted by molar-refractivity contribution is -0.274. The molecule has 1 aliphatic heterocycles. The normalized spacial score (nSPS) is 15.9. The summed E-state index contributed by atoms with van der Waals surface area (Å²) in [6.07, 6.45) is -3.32. The Bertz CT molecular complexity index is 1050. The molecule has 8 heteroatoms. The lowest BCUT2D eigenvalue weighted by atomic mass is 9.88. The zero-order valence-corrected chi connectivity index (χ0v) is 16.1. The molecule has 0 saturated heterocycles. The first-order chi connectivity index (χ1) is 14.8. The van der Waals surface area contributed by atoms with Crippen molar-refractivity contribution in [2.45, 2.75) is 31.9 Å². The topological polar surface area (TPSA) is 30.5 Å². The molecule has 1 atom stereocenters. The van der Waals surface area contributed by atoms with Crippen molar-refractivity contribution in [2.75, 3.05) is 5.32 Å². The standard InChI is InChI=1S/C23H18F5NO2/c24-22(25)30-16-9-7-14(8-10-16)20-12-11-19-18(5-2-6-21(19)29-20)15-3-1-4-17(13-15)31-23(26,27)28/h1-10,13,20,22,29H,11-12H2. The van der Waals surface area contributed by atoms with Crippen molar-refractivity contribution >= 4 is 5.69 Å². The van der Waals surface area contributed by atoms with Gasteiger partial charge in [0.15, 0.2) is 0 Å². The van der Waals surface area contributed by atoms with Crippen LogP contribution in [-0.4, -0.2) is 13.0 Å². The molecule has 0 amide bonds. The van der Waals surface area contributed by atoms with Crippen molar-refractivity contribution in [2.24, 2.45) is 0 Å². The number of alkyl halides is 5. The first-order valence-electron chi connectivity index (χ1n) is 9.58. The average molecular weight is 435 g/mol. The Morgan fingerprint density at radius 1 is 0.903 bits per heavy atom. The number of rotatable bonds is 5. The number of nitrogens with one attached hydrogen (secondary N) is 1. The van der Waals surface area contributed by atoms with Crippen LogP contribution in [0.4, 0.5) is 27.6 Å². The number of halogens is 5. The molecule has 0 aromatic heterocycles. The van der Waals surface area contributed by atoms with Crippen molar-refractivity contribution in [1.82, 2.24) is 0 Å². The van der Waals surface area contributed by atoms with E-state index in [4.69, 9.17) is 0 Å². The summed E-state index contributed by atoms with van der Waals surface area (Å²) in [4.78, 5) is 0. The molecule has 0 bridgehead atoms. The number of hydrogen-bond acceptors (Lipinski definition) is 3. The largest absolute Gasteiger partial charge is 0.573 e. The fourth-order valence-electron chi connectivity index (χ4n) is 3.80. The van der Waals surface area contributed by atoms with Crippen LogP contribution >= 0.6 is 0 Å². The summed E-state index contributed by atoms with van der Waals surface area (Å²) in [6, 6.07) is 18.0. The molecule has 3 nitrogen and oxygen atoms in total. The van der Waals surface area contributed by atoms with E-state index in [2.05, 4.69) is 14.8 Å². The van der Waals surface area contributed by atoms with Gasteiger partial charge in [-0.1, -0.05) is 36.4 Å². The van der Waals surface area contributed by atoms with E-state index in [0.717, 1.165) is 28.8 Å². The van der Waals surface area contributed by atoms with Crippen LogP contribution in [0, 0.1) is 0 Å². The highest BCUT2D eigenvalue weighted by Gasteiger charge is 2.31. The number of hydrogen-bond donors (Lipinski definition) is 1. The molecular formula is C23H18F5NO2. The van der Waals surface area contributed by atoms with Gasteiger partial charge in [-0.05, 0) is 65.4 Å². The van der Waals surface area contributed by atoms with Crippen molar-refractivity contribution < 1.29 is 31.4 Å². The minimum Gasteiger partial charge on any atom is -0.435 e. The fraction of sp³-hybridized carbons (Fsp3) is 0.217. The van der Waals surface area contributed by atoms with Crippen LogP contribution in [0.3, 0.4) is 0 Å². The van der Waals surface area contributed by atoms with Crippen LogP contribution < -0.4 is 14.8 Å². The van der Waals surface area contributed by atoms with Gasteiger partial charge in [-0.25, -0.2) is 0 Å². The Labute approximate surface area is 175 Å². The Morgan fingerprint density at radius 3 is 2.35 bits per heavy atom. The molecule has 4 rings (SSSR count). The summed E-state index contributed by atoms with van der Waals surface area (Å²) in [5, 5.41) is 3.44. The zero-order chi connectivity index (χ0) is 22.0. The van der Waals surface area contributed by atoms with Gasteiger partial charge in [0.2, 0.25) is 0 Å². The van der Waals surface area contributed by atoms with Crippen LogP contribution in [0.1, 0.15) is 23.6 Å². The number of ether oxygens (including phenoxy) is 2. The maximum absolute atomic E-state index is 12.6. The van der Waals surface area contributed by atoms with Gasteiger partial charge in [-0.15, -0.1) is 13.2 Å². The van der Waals surface area contributed by atoms with Gasteiger partial charge in [-0.2, -0.15) is 8.78 Å². The molecule has 1 aliphatic rings. The monoisotopic (exact) mass is 435 g/mol. The highest BCUT2D eigenvalue weighted by Crippen LogP contribution is 2.39. The number of fused-ring (bicyclic) bond motifs is 1. The Morgan fingerprint density at radius 2 is 1.65 bits per heavy atom. The lowest BCUT2D eigenvalue weighted by Gasteiger charge is -2.29. The minimum absolute atomic E-state index is 0.0248. The molecule has 31 heavy (non-hydrogen) atoms. The molecular weight excluding hydrogens is 417 g/mol. The third kappa shape index (κ3) is 5.07. The lowest BCUT2D eigenvalue weighted by Crippen LogP contribution is -2.18. The third-order valence-corrected chi connectivity index (χ3v) is 5.08. The maximum atomic E-state index is 12.6. The molecule has 162 valence electrons.